The van der Waals surface area contributed by atoms with Gasteiger partial charge in [0, 0.05) is 5.56 Å². The second-order valence-corrected chi connectivity index (χ2v) is 4.23. The van der Waals surface area contributed by atoms with E-state index in [1.54, 1.807) is 19.1 Å². The molecule has 0 N–H and O–H groups in total. The van der Waals surface area contributed by atoms with Gasteiger partial charge in [-0.1, -0.05) is 0 Å². The summed E-state index contributed by atoms with van der Waals surface area (Å²) in [6, 6.07) is 5.74. The monoisotopic (exact) mass is 236 g/mol. The van der Waals surface area contributed by atoms with E-state index in [1.165, 1.54) is 12.1 Å². The van der Waals surface area contributed by atoms with Gasteiger partial charge in [0.25, 0.3) is 0 Å². The van der Waals surface area contributed by atoms with E-state index in [0.717, 1.165) is 11.3 Å². The molecule has 1 aromatic heterocycles. The Bertz CT molecular complexity index is 533. The van der Waals surface area contributed by atoms with Gasteiger partial charge in [-0.25, -0.2) is 9.37 Å². The first-order valence-electron chi connectivity index (χ1n) is 4.52. The van der Waals surface area contributed by atoms with Crippen LogP contribution in [0.5, 0.6) is 0 Å². The number of hydrogen-bond acceptors (Lipinski definition) is 4. The van der Waals surface area contributed by atoms with Gasteiger partial charge < -0.3 is 9.90 Å². The van der Waals surface area contributed by atoms with Crippen molar-refractivity contribution in [3.63, 3.8) is 0 Å². The molecule has 0 atom stereocenters. The second kappa shape index (κ2) is 4.02. The molecule has 0 aliphatic heterocycles. The molecule has 2 aromatic rings. The zero-order chi connectivity index (χ0) is 11.7. The van der Waals surface area contributed by atoms with Crippen LogP contribution in [0.3, 0.4) is 0 Å². The number of carbonyl (C=O) groups is 1. The van der Waals surface area contributed by atoms with E-state index in [4.69, 9.17) is 0 Å². The molecule has 1 heterocycles. The molecule has 1 aromatic carbocycles. The van der Waals surface area contributed by atoms with E-state index in [-0.39, 0.29) is 10.7 Å². The van der Waals surface area contributed by atoms with Gasteiger partial charge in [-0.05, 0) is 31.2 Å². The number of aromatic nitrogens is 1. The number of carbonyl (C=O) groups excluding carboxylic acids is 1. The Kier molecular flexibility index (Phi) is 2.70. The summed E-state index contributed by atoms with van der Waals surface area (Å²) in [5.41, 5.74) is 1.12. The molecule has 5 heteroatoms. The lowest BCUT2D eigenvalue weighted by molar-refractivity contribution is -0.254. The average molecular weight is 236 g/mol. The van der Waals surface area contributed by atoms with Crippen LogP contribution in [0.1, 0.15) is 15.4 Å². The van der Waals surface area contributed by atoms with Crippen LogP contribution in [-0.4, -0.2) is 11.0 Å². The quantitative estimate of drug-likeness (QED) is 0.796. The lowest BCUT2D eigenvalue weighted by Gasteiger charge is -1.96. The predicted octanol–water partition coefficient (Wildman–Crippen LogP) is 1.62. The second-order valence-electron chi connectivity index (χ2n) is 3.23. The van der Waals surface area contributed by atoms with E-state index in [1.807, 2.05) is 0 Å². The highest BCUT2D eigenvalue weighted by atomic mass is 32.1. The Morgan fingerprint density at radius 1 is 1.38 bits per heavy atom. The van der Waals surface area contributed by atoms with Crippen LogP contribution in [0, 0.1) is 12.7 Å². The molecule has 0 saturated heterocycles. The van der Waals surface area contributed by atoms with Crippen LogP contribution in [0.2, 0.25) is 0 Å². The zero-order valence-electron chi connectivity index (χ0n) is 8.36. The molecule has 0 radical (unpaired) electrons. The SMILES string of the molecule is Cc1nc(-c2ccc(F)cc2)sc1C(=O)[O-]. The van der Waals surface area contributed by atoms with Crippen molar-refractivity contribution in [2.45, 2.75) is 6.92 Å². The smallest absolute Gasteiger partial charge is 0.124 e. The van der Waals surface area contributed by atoms with Crippen molar-refractivity contribution in [1.82, 2.24) is 4.98 Å². The maximum absolute atomic E-state index is 12.7. The zero-order valence-corrected chi connectivity index (χ0v) is 9.18. The van der Waals surface area contributed by atoms with E-state index in [2.05, 4.69) is 4.98 Å². The Balaban J connectivity index is 2.45. The summed E-state index contributed by atoms with van der Waals surface area (Å²) >= 11 is 1.03. The van der Waals surface area contributed by atoms with Crippen molar-refractivity contribution in [2.24, 2.45) is 0 Å². The normalized spacial score (nSPS) is 10.4. The van der Waals surface area contributed by atoms with Gasteiger partial charge in [-0.15, -0.1) is 11.3 Å². The van der Waals surface area contributed by atoms with Gasteiger partial charge in [-0.3, -0.25) is 0 Å². The van der Waals surface area contributed by atoms with Crippen molar-refractivity contribution >= 4 is 17.3 Å². The molecule has 0 amide bonds. The number of carboxylic acid groups (broad SMARTS) is 1. The molecular weight excluding hydrogens is 229 g/mol. The molecule has 16 heavy (non-hydrogen) atoms. The number of benzene rings is 1. The maximum atomic E-state index is 12.7. The summed E-state index contributed by atoms with van der Waals surface area (Å²) in [4.78, 5) is 14.9. The third kappa shape index (κ3) is 1.94. The lowest BCUT2D eigenvalue weighted by atomic mass is 10.2. The Hall–Kier alpha value is -1.75. The van der Waals surface area contributed by atoms with Crippen LogP contribution in [0.15, 0.2) is 24.3 Å². The van der Waals surface area contributed by atoms with Crippen LogP contribution < -0.4 is 5.11 Å². The molecule has 0 unspecified atom stereocenters. The van der Waals surface area contributed by atoms with Crippen molar-refractivity contribution in [3.8, 4) is 10.6 Å². The van der Waals surface area contributed by atoms with Gasteiger partial charge in [0.05, 0.1) is 16.5 Å². The summed E-state index contributed by atoms with van der Waals surface area (Å²) in [6.07, 6.45) is 0. The van der Waals surface area contributed by atoms with Gasteiger partial charge in [0.15, 0.2) is 0 Å². The van der Waals surface area contributed by atoms with Crippen molar-refractivity contribution in [1.29, 1.82) is 0 Å². The molecule has 0 bridgehead atoms. The largest absolute Gasteiger partial charge is 0.544 e. The highest BCUT2D eigenvalue weighted by Crippen LogP contribution is 2.27. The first kappa shape index (κ1) is 10.8. The summed E-state index contributed by atoms with van der Waals surface area (Å²) < 4.78 is 12.7. The minimum Gasteiger partial charge on any atom is -0.544 e. The first-order chi connectivity index (χ1) is 7.58. The Morgan fingerprint density at radius 2 is 2.00 bits per heavy atom. The molecule has 2 rings (SSSR count). The Morgan fingerprint density at radius 3 is 2.50 bits per heavy atom. The average Bonchev–Trinajstić information content (AvgIpc) is 2.61. The molecule has 82 valence electrons. The third-order valence-electron chi connectivity index (χ3n) is 2.07. The number of aromatic carboxylic acids is 1. The molecule has 0 aliphatic carbocycles. The number of halogens is 1. The van der Waals surface area contributed by atoms with E-state index in [9.17, 15) is 14.3 Å². The highest BCUT2D eigenvalue weighted by molar-refractivity contribution is 7.17. The molecule has 0 spiro atoms. The number of rotatable bonds is 2. The molecule has 0 saturated carbocycles. The number of carboxylic acids is 1. The van der Waals surface area contributed by atoms with Crippen molar-refractivity contribution in [2.75, 3.05) is 0 Å². The minimum absolute atomic E-state index is 0.110. The topological polar surface area (TPSA) is 53.0 Å². The molecule has 0 fully saturated rings. The standard InChI is InChI=1S/C11H8FNO2S/c1-6-9(11(14)15)16-10(13-6)7-2-4-8(12)5-3-7/h2-5H,1H3,(H,14,15)/p-1. The van der Waals surface area contributed by atoms with Crippen LogP contribution in [0.25, 0.3) is 10.6 Å². The number of nitrogens with zero attached hydrogens (tertiary/aromatic N) is 1. The summed E-state index contributed by atoms with van der Waals surface area (Å²) in [7, 11) is 0. The fourth-order valence-electron chi connectivity index (χ4n) is 1.30. The van der Waals surface area contributed by atoms with E-state index >= 15 is 0 Å². The number of thiazole rings is 1. The lowest BCUT2D eigenvalue weighted by Crippen LogP contribution is -2.21. The third-order valence-corrected chi connectivity index (χ3v) is 3.26. The number of aryl methyl sites for hydroxylation is 1. The summed E-state index contributed by atoms with van der Waals surface area (Å²) in [6.45, 7) is 1.61. The maximum Gasteiger partial charge on any atom is 0.124 e. The van der Waals surface area contributed by atoms with Crippen LogP contribution in [0.4, 0.5) is 4.39 Å². The molecule has 0 aliphatic rings. The van der Waals surface area contributed by atoms with Crippen LogP contribution in [-0.2, 0) is 0 Å². The van der Waals surface area contributed by atoms with Crippen molar-refractivity contribution < 1.29 is 14.3 Å². The van der Waals surface area contributed by atoms with Crippen LogP contribution >= 0.6 is 11.3 Å². The fraction of sp³-hybridized carbons (Fsp3) is 0.0909. The van der Waals surface area contributed by atoms with Gasteiger partial charge >= 0.3 is 0 Å². The summed E-state index contributed by atoms with van der Waals surface area (Å²) in [5.74, 6) is -1.57. The number of hydrogen-bond donors (Lipinski definition) is 0. The molecular formula is C11H7FNO2S-. The van der Waals surface area contributed by atoms with E-state index in [0.29, 0.717) is 16.3 Å². The van der Waals surface area contributed by atoms with Gasteiger partial charge in [0.1, 0.15) is 10.8 Å². The van der Waals surface area contributed by atoms with Gasteiger partial charge in [-0.2, -0.15) is 0 Å². The molecule has 3 nitrogen and oxygen atoms in total. The highest BCUT2D eigenvalue weighted by Gasteiger charge is 2.09. The summed E-state index contributed by atoms with van der Waals surface area (Å²) in [5, 5.41) is 11.3. The van der Waals surface area contributed by atoms with Gasteiger partial charge in [0.2, 0.25) is 0 Å². The van der Waals surface area contributed by atoms with Crippen molar-refractivity contribution in [3.05, 3.63) is 40.7 Å². The minimum atomic E-state index is -1.23. The fourth-order valence-corrected chi connectivity index (χ4v) is 2.21. The predicted molar refractivity (Wildman–Crippen MR) is 56.6 cm³/mol. The Labute approximate surface area is 95.2 Å². The van der Waals surface area contributed by atoms with E-state index < -0.39 is 5.97 Å². The first-order valence-corrected chi connectivity index (χ1v) is 5.34.